The molecule has 0 aliphatic carbocycles. The molecule has 41 heavy (non-hydrogen) atoms. The molecule has 1 aliphatic rings. The predicted octanol–water partition coefficient (Wildman–Crippen LogP) is 4.99. The second-order valence-electron chi connectivity index (χ2n) is 10.8. The fraction of sp³-hybridized carbons (Fsp3) is 0.375. The molecule has 1 unspecified atom stereocenters. The number of ether oxygens (including phenoxy) is 1. The highest BCUT2D eigenvalue weighted by Crippen LogP contribution is 2.34. The van der Waals surface area contributed by atoms with Crippen LogP contribution in [0, 0.1) is 0 Å². The monoisotopic (exact) mass is 577 g/mol. The Morgan fingerprint density at radius 3 is 2.22 bits per heavy atom. The molecule has 1 aliphatic heterocycles. The van der Waals surface area contributed by atoms with Gasteiger partial charge in [0.25, 0.3) is 9.84 Å². The molecule has 218 valence electrons. The Bertz CT molecular complexity index is 1430. The molecule has 0 saturated heterocycles. The van der Waals surface area contributed by atoms with Crippen LogP contribution in [0.5, 0.6) is 5.75 Å². The van der Waals surface area contributed by atoms with Crippen LogP contribution < -0.4 is 10.1 Å². The summed E-state index contributed by atoms with van der Waals surface area (Å²) in [5, 5.41) is 1.89. The number of nitrogens with one attached hydrogen (secondary N) is 1. The van der Waals surface area contributed by atoms with Crippen molar-refractivity contribution < 1.29 is 22.7 Å². The van der Waals surface area contributed by atoms with Gasteiger partial charge in [0.15, 0.2) is 0 Å². The van der Waals surface area contributed by atoms with E-state index in [2.05, 4.69) is 37.9 Å². The molecule has 1 heterocycles. The summed E-state index contributed by atoms with van der Waals surface area (Å²) in [6.45, 7) is 9.89. The number of carbonyl (C=O) groups excluding carboxylic acids is 2. The topological polar surface area (TPSA) is 96.0 Å². The highest BCUT2D eigenvalue weighted by Gasteiger charge is 2.41. The number of fused-ring (bicyclic) bond motifs is 1. The summed E-state index contributed by atoms with van der Waals surface area (Å²) < 4.78 is 32.6. The van der Waals surface area contributed by atoms with Crippen LogP contribution in [0.4, 0.5) is 4.79 Å². The van der Waals surface area contributed by atoms with Gasteiger partial charge in [-0.25, -0.2) is 8.42 Å². The molecule has 0 aromatic heterocycles. The highest BCUT2D eigenvalue weighted by atomic mass is 32.2. The van der Waals surface area contributed by atoms with E-state index in [0.29, 0.717) is 49.5 Å². The quantitative estimate of drug-likeness (QED) is 0.365. The minimum absolute atomic E-state index is 0.0856. The van der Waals surface area contributed by atoms with Crippen LogP contribution in [-0.4, -0.2) is 61.1 Å². The molecule has 0 saturated carbocycles. The Morgan fingerprint density at radius 2 is 1.59 bits per heavy atom. The fourth-order valence-corrected chi connectivity index (χ4v) is 6.51. The minimum atomic E-state index is -4.34. The number of sulfone groups is 1. The van der Waals surface area contributed by atoms with Crippen molar-refractivity contribution in [2.24, 2.45) is 0 Å². The fourth-order valence-electron chi connectivity index (χ4n) is 5.29. The largest absolute Gasteiger partial charge is 0.489 e. The van der Waals surface area contributed by atoms with Crippen molar-refractivity contribution in [2.75, 3.05) is 19.6 Å². The number of nitrogens with zero attached hydrogens (tertiary/aromatic N) is 2. The molecule has 0 spiro atoms. The maximum absolute atomic E-state index is 13.7. The predicted molar refractivity (Wildman–Crippen MR) is 159 cm³/mol. The van der Waals surface area contributed by atoms with Gasteiger partial charge in [-0.1, -0.05) is 54.6 Å². The van der Waals surface area contributed by atoms with Crippen molar-refractivity contribution in [3.05, 3.63) is 95.6 Å². The van der Waals surface area contributed by atoms with Crippen LogP contribution in [-0.2, 0) is 27.7 Å². The first-order chi connectivity index (χ1) is 19.6. The molecule has 0 fully saturated rings. The molecular weight excluding hydrogens is 538 g/mol. The van der Waals surface area contributed by atoms with Crippen LogP contribution in [0.3, 0.4) is 0 Å². The Balaban J connectivity index is 1.60. The van der Waals surface area contributed by atoms with Gasteiger partial charge in [-0.05, 0) is 75.1 Å². The van der Waals surface area contributed by atoms with E-state index in [4.69, 9.17) is 4.74 Å². The molecule has 3 aromatic carbocycles. The van der Waals surface area contributed by atoms with Gasteiger partial charge >= 0.3 is 5.24 Å². The number of hydrogen-bond donors (Lipinski definition) is 1. The Labute approximate surface area is 243 Å². The van der Waals surface area contributed by atoms with Crippen molar-refractivity contribution >= 4 is 21.0 Å². The van der Waals surface area contributed by atoms with Crippen molar-refractivity contribution in [3.63, 3.8) is 0 Å². The highest BCUT2D eigenvalue weighted by molar-refractivity contribution is 8.06. The van der Waals surface area contributed by atoms with E-state index in [1.807, 2.05) is 36.4 Å². The Morgan fingerprint density at radius 1 is 0.951 bits per heavy atom. The number of benzene rings is 3. The summed E-state index contributed by atoms with van der Waals surface area (Å²) in [6, 6.07) is 22.3. The third-order valence-corrected chi connectivity index (χ3v) is 8.94. The molecular formula is C32H39N3O5S. The number of carbonyl (C=O) groups is 2. The molecule has 1 N–H and O–H groups in total. The second kappa shape index (κ2) is 13.3. The SMILES string of the molecule is CC(C)N(CCNC(=O)C1c2ccc(OCc3ccccc3)cc2CCN1C(=O)S(=O)(=O)c1ccccc1)C(C)C. The molecule has 8 nitrogen and oxygen atoms in total. The molecule has 9 heteroatoms. The van der Waals surface area contributed by atoms with E-state index in [9.17, 15) is 18.0 Å². The van der Waals surface area contributed by atoms with Crippen LogP contribution in [0.15, 0.2) is 83.8 Å². The summed E-state index contributed by atoms with van der Waals surface area (Å²) in [5.74, 6) is 0.237. The van der Waals surface area contributed by atoms with E-state index in [1.54, 1.807) is 30.3 Å². The Hall–Kier alpha value is -3.69. The average molecular weight is 578 g/mol. The summed E-state index contributed by atoms with van der Waals surface area (Å²) in [7, 11) is -4.34. The van der Waals surface area contributed by atoms with E-state index >= 15 is 0 Å². The summed E-state index contributed by atoms with van der Waals surface area (Å²) in [6.07, 6.45) is 0.395. The minimum Gasteiger partial charge on any atom is -0.489 e. The maximum atomic E-state index is 13.7. The number of amides is 2. The zero-order valence-corrected chi connectivity index (χ0v) is 24.9. The standard InChI is InChI=1S/C32H39N3O5S/c1-23(2)34(24(3)4)20-18-33-31(36)30-29-16-15-27(40-22-25-11-7-5-8-12-25)21-26(29)17-19-35(30)32(37)41(38,39)28-13-9-6-10-14-28/h5-16,21,23-24,30H,17-20,22H2,1-4H3,(H,33,36). The molecule has 3 aromatic rings. The Kier molecular flexibility index (Phi) is 9.83. The maximum Gasteiger partial charge on any atom is 0.344 e. The first kappa shape index (κ1) is 30.3. The first-order valence-electron chi connectivity index (χ1n) is 14.0. The zero-order chi connectivity index (χ0) is 29.6. The lowest BCUT2D eigenvalue weighted by Crippen LogP contribution is -2.50. The summed E-state index contributed by atoms with van der Waals surface area (Å²) in [5.41, 5.74) is 2.48. The number of rotatable bonds is 10. The molecule has 0 bridgehead atoms. The first-order valence-corrected chi connectivity index (χ1v) is 15.5. The lowest BCUT2D eigenvalue weighted by Gasteiger charge is -2.36. The average Bonchev–Trinajstić information content (AvgIpc) is 2.97. The van der Waals surface area contributed by atoms with Gasteiger partial charge in [0.05, 0.1) is 4.90 Å². The van der Waals surface area contributed by atoms with Crippen molar-refractivity contribution in [2.45, 2.75) is 63.7 Å². The molecule has 2 amide bonds. The van der Waals surface area contributed by atoms with Gasteiger partial charge < -0.3 is 15.0 Å². The van der Waals surface area contributed by atoms with E-state index < -0.39 is 27.0 Å². The van der Waals surface area contributed by atoms with Gasteiger partial charge in [0, 0.05) is 31.7 Å². The van der Waals surface area contributed by atoms with Gasteiger partial charge in [-0.3, -0.25) is 14.5 Å². The summed E-state index contributed by atoms with van der Waals surface area (Å²) >= 11 is 0. The van der Waals surface area contributed by atoms with Crippen LogP contribution in [0.25, 0.3) is 0 Å². The zero-order valence-electron chi connectivity index (χ0n) is 24.1. The second-order valence-corrected chi connectivity index (χ2v) is 12.6. The van der Waals surface area contributed by atoms with Crippen LogP contribution in [0.2, 0.25) is 0 Å². The normalized spacial score (nSPS) is 15.2. The lowest BCUT2D eigenvalue weighted by atomic mass is 9.92. The number of hydrogen-bond acceptors (Lipinski definition) is 6. The van der Waals surface area contributed by atoms with Gasteiger partial charge in [0.1, 0.15) is 18.4 Å². The molecule has 0 radical (unpaired) electrons. The van der Waals surface area contributed by atoms with Crippen LogP contribution in [0.1, 0.15) is 50.4 Å². The molecule has 1 atom stereocenters. The van der Waals surface area contributed by atoms with Crippen molar-refractivity contribution in [3.8, 4) is 5.75 Å². The lowest BCUT2D eigenvalue weighted by molar-refractivity contribution is -0.126. The van der Waals surface area contributed by atoms with E-state index in [1.165, 1.54) is 17.0 Å². The van der Waals surface area contributed by atoms with Crippen LogP contribution >= 0.6 is 0 Å². The van der Waals surface area contributed by atoms with Crippen molar-refractivity contribution in [1.29, 1.82) is 0 Å². The smallest absolute Gasteiger partial charge is 0.344 e. The third kappa shape index (κ3) is 7.15. The van der Waals surface area contributed by atoms with Gasteiger partial charge in [-0.15, -0.1) is 0 Å². The molecule has 4 rings (SSSR count). The third-order valence-electron chi connectivity index (χ3n) is 7.35. The van der Waals surface area contributed by atoms with Gasteiger partial charge in [0.2, 0.25) is 5.91 Å². The van der Waals surface area contributed by atoms with Gasteiger partial charge in [-0.2, -0.15) is 0 Å². The summed E-state index contributed by atoms with van der Waals surface area (Å²) in [4.78, 5) is 30.6. The van der Waals surface area contributed by atoms with Crippen molar-refractivity contribution in [1.82, 2.24) is 15.1 Å². The van der Waals surface area contributed by atoms with E-state index in [0.717, 1.165) is 11.1 Å². The van der Waals surface area contributed by atoms with E-state index in [-0.39, 0.29) is 11.4 Å².